The van der Waals surface area contributed by atoms with Crippen molar-refractivity contribution in [2.45, 2.75) is 0 Å². The smallest absolute Gasteiger partial charge is 0.271 e. The summed E-state index contributed by atoms with van der Waals surface area (Å²) in [5.41, 5.74) is 3.14. The van der Waals surface area contributed by atoms with Crippen molar-refractivity contribution in [2.24, 2.45) is 5.10 Å². The van der Waals surface area contributed by atoms with Crippen molar-refractivity contribution in [2.75, 3.05) is 21.2 Å². The van der Waals surface area contributed by atoms with Gasteiger partial charge in [-0.25, -0.2) is 5.43 Å². The second-order valence-corrected chi connectivity index (χ2v) is 5.24. The van der Waals surface area contributed by atoms with Crippen molar-refractivity contribution in [3.05, 3.63) is 53.6 Å². The van der Waals surface area contributed by atoms with Crippen LogP contribution in [-0.2, 0) is 4.79 Å². The topological polar surface area (TPSA) is 111 Å². The van der Waals surface area contributed by atoms with Crippen LogP contribution in [0.1, 0.15) is 15.9 Å². The summed E-state index contributed by atoms with van der Waals surface area (Å²) >= 11 is 0. The maximum Gasteiger partial charge on any atom is 0.271 e. The monoisotopic (exact) mass is 359 g/mol. The first-order chi connectivity index (χ1) is 12.4. The van der Waals surface area contributed by atoms with Gasteiger partial charge in [0.2, 0.25) is 6.41 Å². The molecule has 0 atom stereocenters. The summed E-state index contributed by atoms with van der Waals surface area (Å²) in [5, 5.41) is 22.6. The predicted octanol–water partition coefficient (Wildman–Crippen LogP) is 1.57. The third-order valence-corrected chi connectivity index (χ3v) is 2.95. The minimum atomic E-state index is -0.417. The van der Waals surface area contributed by atoms with Gasteiger partial charge in [-0.05, 0) is 36.4 Å². The highest BCUT2D eigenvalue weighted by atomic mass is 16.5. The van der Waals surface area contributed by atoms with Crippen molar-refractivity contribution >= 4 is 18.5 Å². The fourth-order valence-corrected chi connectivity index (χ4v) is 1.60. The van der Waals surface area contributed by atoms with E-state index in [1.165, 1.54) is 48.6 Å². The average Bonchev–Trinajstić information content (AvgIpc) is 2.63. The molecule has 0 aliphatic rings. The molecule has 0 saturated heterocycles. The first-order valence-corrected chi connectivity index (χ1v) is 7.48. The number of carbonyl (C=O) groups is 2. The van der Waals surface area contributed by atoms with Gasteiger partial charge in [-0.2, -0.15) is 5.10 Å². The molecule has 8 heteroatoms. The summed E-state index contributed by atoms with van der Waals surface area (Å²) < 4.78 is 4.97. The Balaban J connectivity index is 0.000000597. The summed E-state index contributed by atoms with van der Waals surface area (Å²) in [6.07, 6.45) is 2.08. The molecule has 138 valence electrons. The molecule has 0 spiro atoms. The lowest BCUT2D eigenvalue weighted by Crippen LogP contribution is -2.17. The molecule has 0 aliphatic carbocycles. The Bertz CT molecular complexity index is 758. The summed E-state index contributed by atoms with van der Waals surface area (Å²) in [6.45, 7) is 0. The first-order valence-electron chi connectivity index (χ1n) is 7.48. The number of nitrogens with one attached hydrogen (secondary N) is 1. The zero-order chi connectivity index (χ0) is 19.5. The molecular weight excluding hydrogens is 338 g/mol. The third-order valence-electron chi connectivity index (χ3n) is 2.95. The van der Waals surface area contributed by atoms with E-state index in [0.29, 0.717) is 16.9 Å². The van der Waals surface area contributed by atoms with Crippen molar-refractivity contribution in [3.8, 4) is 17.2 Å². The summed E-state index contributed by atoms with van der Waals surface area (Å²) in [6, 6.07) is 10.5. The van der Waals surface area contributed by atoms with E-state index in [2.05, 4.69) is 10.5 Å². The van der Waals surface area contributed by atoms with Crippen LogP contribution in [-0.4, -0.2) is 54.8 Å². The van der Waals surface area contributed by atoms with Crippen LogP contribution in [0.5, 0.6) is 17.2 Å². The van der Waals surface area contributed by atoms with E-state index < -0.39 is 5.91 Å². The number of methoxy groups -OCH3 is 1. The number of nitrogens with zero attached hydrogens (tertiary/aromatic N) is 2. The van der Waals surface area contributed by atoms with Crippen molar-refractivity contribution in [1.29, 1.82) is 0 Å². The Morgan fingerprint density at radius 3 is 2.27 bits per heavy atom. The molecule has 0 radical (unpaired) electrons. The maximum atomic E-state index is 11.7. The molecule has 3 N–H and O–H groups in total. The lowest BCUT2D eigenvalue weighted by molar-refractivity contribution is -0.115. The molecule has 2 rings (SSSR count). The lowest BCUT2D eigenvalue weighted by atomic mass is 10.2. The highest BCUT2D eigenvalue weighted by Crippen LogP contribution is 2.21. The van der Waals surface area contributed by atoms with E-state index in [0.717, 1.165) is 6.41 Å². The standard InChI is InChI=1S/C15H14N2O4.C3H7NO/c1-21-13-7-4-11(14(19)8-13)9-16-17-15(20)10-2-5-12(18)6-3-10;1-4(2)3-5/h2-9,18-19H,1H3,(H,17,20);3H,1-2H3/b16-9+;. The average molecular weight is 359 g/mol. The molecule has 0 aliphatic heterocycles. The van der Waals surface area contributed by atoms with Crippen molar-refractivity contribution in [1.82, 2.24) is 10.3 Å². The Kier molecular flexibility index (Phi) is 8.15. The van der Waals surface area contributed by atoms with Crippen LogP contribution in [0.25, 0.3) is 0 Å². The SMILES string of the molecule is CN(C)C=O.COc1ccc(/C=N/NC(=O)c2ccc(O)cc2)c(O)c1. The van der Waals surface area contributed by atoms with E-state index in [1.54, 1.807) is 26.2 Å². The minimum absolute atomic E-state index is 0.00279. The zero-order valence-corrected chi connectivity index (χ0v) is 14.7. The number of hydrazone groups is 1. The van der Waals surface area contributed by atoms with E-state index in [9.17, 15) is 14.7 Å². The number of hydrogen-bond acceptors (Lipinski definition) is 6. The molecule has 0 bridgehead atoms. The van der Waals surface area contributed by atoms with Gasteiger partial charge in [-0.15, -0.1) is 0 Å². The highest BCUT2D eigenvalue weighted by Gasteiger charge is 2.04. The van der Waals surface area contributed by atoms with E-state index >= 15 is 0 Å². The number of rotatable bonds is 5. The quantitative estimate of drug-likeness (QED) is 0.426. The highest BCUT2D eigenvalue weighted by molar-refractivity contribution is 5.95. The molecule has 0 heterocycles. The van der Waals surface area contributed by atoms with Crippen LogP contribution < -0.4 is 10.2 Å². The second-order valence-electron chi connectivity index (χ2n) is 5.24. The third kappa shape index (κ3) is 6.91. The lowest BCUT2D eigenvalue weighted by Gasteiger charge is -2.03. The van der Waals surface area contributed by atoms with Gasteiger partial charge in [-0.1, -0.05) is 0 Å². The maximum absolute atomic E-state index is 11.7. The van der Waals surface area contributed by atoms with Crippen LogP contribution in [0.3, 0.4) is 0 Å². The van der Waals surface area contributed by atoms with Crippen molar-refractivity contribution in [3.63, 3.8) is 0 Å². The van der Waals surface area contributed by atoms with Crippen LogP contribution in [0.15, 0.2) is 47.6 Å². The normalized spacial score (nSPS) is 9.81. The fraction of sp³-hybridized carbons (Fsp3) is 0.167. The number of amides is 2. The van der Waals surface area contributed by atoms with E-state index in [-0.39, 0.29) is 11.5 Å². The van der Waals surface area contributed by atoms with Gasteiger partial charge in [0.25, 0.3) is 5.91 Å². The molecule has 0 fully saturated rings. The minimum Gasteiger partial charge on any atom is -0.508 e. The van der Waals surface area contributed by atoms with Gasteiger partial charge in [0.05, 0.1) is 13.3 Å². The Hall–Kier alpha value is -3.55. The van der Waals surface area contributed by atoms with Crippen LogP contribution >= 0.6 is 0 Å². The number of phenolic OH excluding ortho intramolecular Hbond substituents is 2. The van der Waals surface area contributed by atoms with E-state index in [1.807, 2.05) is 0 Å². The Morgan fingerprint density at radius 1 is 1.15 bits per heavy atom. The number of hydrogen-bond donors (Lipinski definition) is 3. The Labute approximate surface area is 151 Å². The zero-order valence-electron chi connectivity index (χ0n) is 14.7. The molecule has 0 aromatic heterocycles. The molecule has 0 unspecified atom stereocenters. The van der Waals surface area contributed by atoms with Gasteiger partial charge in [-0.3, -0.25) is 9.59 Å². The van der Waals surface area contributed by atoms with Crippen LogP contribution in [0.4, 0.5) is 0 Å². The number of carbonyl (C=O) groups excluding carboxylic acids is 2. The van der Waals surface area contributed by atoms with Crippen molar-refractivity contribution < 1.29 is 24.5 Å². The van der Waals surface area contributed by atoms with Gasteiger partial charge in [0, 0.05) is 31.3 Å². The number of aromatic hydroxyl groups is 2. The summed E-state index contributed by atoms with van der Waals surface area (Å²) in [4.78, 5) is 22.6. The fourth-order valence-electron chi connectivity index (χ4n) is 1.60. The summed E-state index contributed by atoms with van der Waals surface area (Å²) in [7, 11) is 4.88. The van der Waals surface area contributed by atoms with Gasteiger partial charge in [0.1, 0.15) is 17.2 Å². The molecule has 26 heavy (non-hydrogen) atoms. The second kappa shape index (κ2) is 10.3. The molecular formula is C18H21N3O5. The molecule has 2 aromatic carbocycles. The number of phenols is 2. The molecule has 2 amide bonds. The molecule has 2 aromatic rings. The van der Waals surface area contributed by atoms with Gasteiger partial charge >= 0.3 is 0 Å². The summed E-state index contributed by atoms with van der Waals surface area (Å²) in [5.74, 6) is 0.187. The Morgan fingerprint density at radius 2 is 1.77 bits per heavy atom. The van der Waals surface area contributed by atoms with Crippen LogP contribution in [0, 0.1) is 0 Å². The number of benzene rings is 2. The molecule has 0 saturated carbocycles. The first kappa shape index (κ1) is 20.5. The molecule has 8 nitrogen and oxygen atoms in total. The van der Waals surface area contributed by atoms with Gasteiger partial charge < -0.3 is 19.8 Å². The van der Waals surface area contributed by atoms with Gasteiger partial charge in [0.15, 0.2) is 0 Å². The largest absolute Gasteiger partial charge is 0.508 e. The van der Waals surface area contributed by atoms with E-state index in [4.69, 9.17) is 9.84 Å². The number of ether oxygens (including phenoxy) is 1. The predicted molar refractivity (Wildman–Crippen MR) is 97.6 cm³/mol. The van der Waals surface area contributed by atoms with Crippen LogP contribution in [0.2, 0.25) is 0 Å².